The van der Waals surface area contributed by atoms with E-state index in [1.54, 1.807) is 34.6 Å². The van der Waals surface area contributed by atoms with Crippen molar-refractivity contribution >= 4 is 24.0 Å². The van der Waals surface area contributed by atoms with Gasteiger partial charge in [-0.15, -0.1) is 0 Å². The second-order valence-corrected chi connectivity index (χ2v) is 5.74. The number of guanidine groups is 1. The molecule has 0 saturated carbocycles. The van der Waals surface area contributed by atoms with E-state index in [-0.39, 0.29) is 30.9 Å². The molecule has 1 unspecified atom stereocenters. The molecule has 0 aromatic rings. The third kappa shape index (κ3) is 8.35. The summed E-state index contributed by atoms with van der Waals surface area (Å²) in [6.45, 7) is 8.49. The predicted octanol–water partition coefficient (Wildman–Crippen LogP) is 1.32. The van der Waals surface area contributed by atoms with E-state index < -0.39 is 24.3 Å². The Labute approximate surface area is 142 Å². The highest BCUT2D eigenvalue weighted by Crippen LogP contribution is 2.11. The van der Waals surface area contributed by atoms with Gasteiger partial charge in [-0.25, -0.2) is 4.79 Å². The summed E-state index contributed by atoms with van der Waals surface area (Å²) in [5.74, 6) is -1.97. The van der Waals surface area contributed by atoms with Crippen LogP contribution in [0.5, 0.6) is 0 Å². The summed E-state index contributed by atoms with van der Waals surface area (Å²) < 4.78 is 14.9. The molecule has 0 aromatic carbocycles. The zero-order valence-electron chi connectivity index (χ0n) is 15.0. The van der Waals surface area contributed by atoms with Gasteiger partial charge in [0.05, 0.1) is 12.5 Å². The minimum absolute atomic E-state index is 0.192. The summed E-state index contributed by atoms with van der Waals surface area (Å²) in [5, 5.41) is 9.87. The molecule has 0 aliphatic heterocycles. The van der Waals surface area contributed by atoms with E-state index in [1.165, 1.54) is 11.9 Å². The minimum atomic E-state index is -1.07. The lowest BCUT2D eigenvalue weighted by Gasteiger charge is -2.24. The molecule has 0 heterocycles. The smallest absolute Gasteiger partial charge is 0.417 e. The molecule has 0 aliphatic rings. The number of nitrogens with zero attached hydrogens (tertiary/aromatic N) is 1. The molecule has 138 valence electrons. The second-order valence-electron chi connectivity index (χ2n) is 5.74. The van der Waals surface area contributed by atoms with Gasteiger partial charge in [0.15, 0.2) is 0 Å². The first-order valence-corrected chi connectivity index (χ1v) is 7.71. The van der Waals surface area contributed by atoms with Gasteiger partial charge in [0.25, 0.3) is 6.29 Å². The molecule has 0 saturated heterocycles. The summed E-state index contributed by atoms with van der Waals surface area (Å²) >= 11 is 0. The fourth-order valence-corrected chi connectivity index (χ4v) is 1.35. The number of hydrogen-bond donors (Lipinski definition) is 2. The number of nitrogens with one attached hydrogen (secondary N) is 2. The third-order valence-corrected chi connectivity index (χ3v) is 2.75. The molecule has 1 amide bonds. The van der Waals surface area contributed by atoms with Crippen LogP contribution in [0, 0.1) is 17.2 Å². The molecule has 0 aromatic heterocycles. The van der Waals surface area contributed by atoms with E-state index in [0.29, 0.717) is 0 Å². The molecule has 0 bridgehead atoms. The number of ether oxygens (including phenoxy) is 3. The highest BCUT2D eigenvalue weighted by molar-refractivity contribution is 5.93. The number of hydrogen-bond acceptors (Lipinski definition) is 7. The Morgan fingerprint density at radius 2 is 1.71 bits per heavy atom. The average Bonchev–Trinajstić information content (AvgIpc) is 2.45. The normalized spacial score (nSPS) is 11.7. The van der Waals surface area contributed by atoms with Gasteiger partial charge in [0.1, 0.15) is 6.54 Å². The number of rotatable bonds is 7. The molecule has 1 atom stereocenters. The number of likely N-dealkylation sites (N-methyl/N-ethyl adjacent to an activating group) is 1. The number of esters is 2. The molecule has 0 radical (unpaired) electrons. The Morgan fingerprint density at radius 1 is 1.12 bits per heavy atom. The van der Waals surface area contributed by atoms with Gasteiger partial charge in [-0.1, -0.05) is 27.7 Å². The molecule has 9 heteroatoms. The first kappa shape index (κ1) is 21.7. The molecule has 0 rings (SSSR count). The van der Waals surface area contributed by atoms with Crippen molar-refractivity contribution in [1.82, 2.24) is 10.2 Å². The van der Waals surface area contributed by atoms with Crippen molar-refractivity contribution in [2.24, 2.45) is 11.8 Å². The molecule has 9 nitrogen and oxygen atoms in total. The first-order valence-electron chi connectivity index (χ1n) is 7.71. The fourth-order valence-electron chi connectivity index (χ4n) is 1.35. The van der Waals surface area contributed by atoms with E-state index >= 15 is 0 Å². The molecular formula is C15H27N3O6. The van der Waals surface area contributed by atoms with Crippen molar-refractivity contribution in [1.29, 1.82) is 5.41 Å². The molecule has 0 aliphatic carbocycles. The van der Waals surface area contributed by atoms with Crippen molar-refractivity contribution in [3.05, 3.63) is 0 Å². The van der Waals surface area contributed by atoms with E-state index in [9.17, 15) is 14.4 Å². The van der Waals surface area contributed by atoms with E-state index in [0.717, 1.165) is 0 Å². The van der Waals surface area contributed by atoms with Crippen molar-refractivity contribution < 1.29 is 28.6 Å². The van der Waals surface area contributed by atoms with Crippen molar-refractivity contribution in [2.75, 3.05) is 20.2 Å². The molecule has 24 heavy (non-hydrogen) atoms. The zero-order valence-corrected chi connectivity index (χ0v) is 15.0. The minimum Gasteiger partial charge on any atom is -0.465 e. The summed E-state index contributed by atoms with van der Waals surface area (Å²) in [7, 11) is 1.44. The molecule has 2 N–H and O–H groups in total. The van der Waals surface area contributed by atoms with Gasteiger partial charge in [-0.3, -0.25) is 20.3 Å². The van der Waals surface area contributed by atoms with Crippen LogP contribution in [-0.2, 0) is 23.8 Å². The van der Waals surface area contributed by atoms with Crippen LogP contribution in [0.3, 0.4) is 0 Å². The van der Waals surface area contributed by atoms with Crippen molar-refractivity contribution in [3.63, 3.8) is 0 Å². The third-order valence-electron chi connectivity index (χ3n) is 2.75. The molecular weight excluding hydrogens is 318 g/mol. The molecule has 0 fully saturated rings. The lowest BCUT2D eigenvalue weighted by molar-refractivity contribution is -0.178. The highest BCUT2D eigenvalue weighted by atomic mass is 16.7. The Hall–Kier alpha value is -2.32. The van der Waals surface area contributed by atoms with Gasteiger partial charge < -0.3 is 19.1 Å². The Bertz CT molecular complexity index is 464. The number of carbonyl (C=O) groups is 3. The maximum atomic E-state index is 11.8. The fraction of sp³-hybridized carbons (Fsp3) is 0.733. The van der Waals surface area contributed by atoms with Crippen LogP contribution in [0.1, 0.15) is 34.6 Å². The first-order chi connectivity index (χ1) is 11.1. The summed E-state index contributed by atoms with van der Waals surface area (Å²) in [4.78, 5) is 36.0. The van der Waals surface area contributed by atoms with E-state index in [1.807, 2.05) is 0 Å². The van der Waals surface area contributed by atoms with Crippen LogP contribution in [0.15, 0.2) is 0 Å². The second kappa shape index (κ2) is 10.5. The SMILES string of the molecule is CCOC(=O)CN(C)C(=N)NC(=O)OC(OC(=O)C(C)C)C(C)C. The lowest BCUT2D eigenvalue weighted by atomic mass is 10.2. The van der Waals surface area contributed by atoms with Crippen molar-refractivity contribution in [3.8, 4) is 0 Å². The van der Waals surface area contributed by atoms with Gasteiger partial charge in [0, 0.05) is 13.0 Å². The van der Waals surface area contributed by atoms with Crippen LogP contribution >= 0.6 is 0 Å². The maximum Gasteiger partial charge on any atom is 0.417 e. The summed E-state index contributed by atoms with van der Waals surface area (Å²) in [6.07, 6.45) is -2.02. The van der Waals surface area contributed by atoms with Crippen LogP contribution in [0.4, 0.5) is 4.79 Å². The highest BCUT2D eigenvalue weighted by Gasteiger charge is 2.25. The summed E-state index contributed by atoms with van der Waals surface area (Å²) in [5.41, 5.74) is 0. The van der Waals surface area contributed by atoms with Gasteiger partial charge >= 0.3 is 18.0 Å². The van der Waals surface area contributed by atoms with Gasteiger partial charge in [0.2, 0.25) is 5.96 Å². The monoisotopic (exact) mass is 345 g/mol. The maximum absolute atomic E-state index is 11.8. The Kier molecular flexibility index (Phi) is 9.44. The number of amides is 1. The van der Waals surface area contributed by atoms with E-state index in [2.05, 4.69) is 5.32 Å². The van der Waals surface area contributed by atoms with E-state index in [4.69, 9.17) is 19.6 Å². The van der Waals surface area contributed by atoms with Gasteiger partial charge in [-0.2, -0.15) is 0 Å². The number of carbonyl (C=O) groups excluding carboxylic acids is 3. The standard InChI is InChI=1S/C15H27N3O6/c1-7-22-11(19)8-18(6)14(16)17-15(21)24-13(10(4)5)23-12(20)9(2)3/h9-10,13H,7-8H2,1-6H3,(H2,16,17,21). The van der Waals surface area contributed by atoms with Crippen LogP contribution in [0.2, 0.25) is 0 Å². The topological polar surface area (TPSA) is 118 Å². The van der Waals surface area contributed by atoms with Gasteiger partial charge in [-0.05, 0) is 6.92 Å². The Morgan fingerprint density at radius 3 is 2.17 bits per heavy atom. The van der Waals surface area contributed by atoms with Crippen LogP contribution < -0.4 is 5.32 Å². The van der Waals surface area contributed by atoms with Crippen LogP contribution in [0.25, 0.3) is 0 Å². The van der Waals surface area contributed by atoms with Crippen LogP contribution in [-0.4, -0.2) is 55.4 Å². The molecule has 0 spiro atoms. The van der Waals surface area contributed by atoms with Crippen molar-refractivity contribution in [2.45, 2.75) is 40.9 Å². The lowest BCUT2D eigenvalue weighted by Crippen LogP contribution is -2.45. The Balaban J connectivity index is 4.54. The number of alkyl carbamates (subject to hydrolysis) is 1. The quantitative estimate of drug-likeness (QED) is 0.309. The zero-order chi connectivity index (χ0) is 18.9. The average molecular weight is 345 g/mol. The summed E-state index contributed by atoms with van der Waals surface area (Å²) in [6, 6.07) is 0. The largest absolute Gasteiger partial charge is 0.465 e. The predicted molar refractivity (Wildman–Crippen MR) is 86.2 cm³/mol.